The number of aliphatic imine (C=N–C) groups is 1. The molecule has 0 radical (unpaired) electrons. The van der Waals surface area contributed by atoms with Gasteiger partial charge in [-0.15, -0.1) is 0 Å². The second kappa shape index (κ2) is 12.7. The highest BCUT2D eigenvalue weighted by Crippen LogP contribution is 2.42. The van der Waals surface area contributed by atoms with Gasteiger partial charge in [-0.1, -0.05) is 26.7 Å². The van der Waals surface area contributed by atoms with Crippen LogP contribution in [0.3, 0.4) is 0 Å². The summed E-state index contributed by atoms with van der Waals surface area (Å²) in [6.07, 6.45) is 4.51. The molecule has 5 heterocycles. The van der Waals surface area contributed by atoms with Crippen LogP contribution >= 0.6 is 0 Å². The molecule has 2 bridgehead atoms. The van der Waals surface area contributed by atoms with Crippen molar-refractivity contribution < 1.29 is 13.6 Å². The maximum atomic E-state index is 15.5. The first-order chi connectivity index (χ1) is 18.8. The number of nitrogens with one attached hydrogen (secondary N) is 4. The monoisotopic (exact) mass is 552 g/mol. The van der Waals surface area contributed by atoms with Crippen molar-refractivity contribution >= 4 is 12.1 Å². The zero-order valence-electron chi connectivity index (χ0n) is 23.8. The van der Waals surface area contributed by atoms with Crippen LogP contribution in [0.1, 0.15) is 58.8 Å². The number of fused-ring (bicyclic) bond motifs is 3. The van der Waals surface area contributed by atoms with Crippen molar-refractivity contribution in [2.45, 2.75) is 108 Å². The Morgan fingerprint density at radius 1 is 1.18 bits per heavy atom. The number of carbonyl (C=O) groups excluding carboxylic acids is 1. The molecular weight excluding hydrogens is 502 g/mol. The number of amides is 1. The van der Waals surface area contributed by atoms with E-state index in [-0.39, 0.29) is 29.4 Å². The summed E-state index contributed by atoms with van der Waals surface area (Å²) >= 11 is 0. The number of hydrogen-bond acceptors (Lipinski definition) is 8. The van der Waals surface area contributed by atoms with Gasteiger partial charge in [-0.2, -0.15) is 0 Å². The fourth-order valence-electron chi connectivity index (χ4n) is 7.86. The number of unbranched alkanes of at least 4 members (excludes halogenated alkanes) is 1. The molecule has 0 aromatic heterocycles. The van der Waals surface area contributed by atoms with Crippen LogP contribution in [0, 0.1) is 11.3 Å². The Balaban J connectivity index is 1.29. The van der Waals surface area contributed by atoms with E-state index in [1.165, 1.54) is 6.21 Å². The third-order valence-electron chi connectivity index (χ3n) is 10.2. The lowest BCUT2D eigenvalue weighted by Crippen LogP contribution is -2.67. The summed E-state index contributed by atoms with van der Waals surface area (Å²) in [4.78, 5) is 23.3. The molecule has 11 heteroatoms. The number of hydrogen-bond donors (Lipinski definition) is 5. The molecule has 9 atom stereocenters. The van der Waals surface area contributed by atoms with E-state index in [1.54, 1.807) is 0 Å². The van der Waals surface area contributed by atoms with E-state index < -0.39 is 30.5 Å². The number of nitrogens with two attached hydrogens (primary N) is 1. The Hall–Kier alpha value is -1.24. The lowest BCUT2D eigenvalue weighted by molar-refractivity contribution is -0.128. The SMILES string of the molecule is CCCCC1(C)CC2/N=C\C(F)CC1NC(N)C2C(=O)NC1CNCC(F)C1N1CCC(N2CCNC2)CC1. The molecule has 0 aromatic rings. The summed E-state index contributed by atoms with van der Waals surface area (Å²) in [6, 6.07) is -0.765. The van der Waals surface area contributed by atoms with Crippen molar-refractivity contribution in [2.24, 2.45) is 22.1 Å². The van der Waals surface area contributed by atoms with Gasteiger partial charge in [0.25, 0.3) is 0 Å². The topological polar surface area (TPSA) is 110 Å². The Labute approximate surface area is 232 Å². The first-order valence-corrected chi connectivity index (χ1v) is 15.3. The number of carbonyl (C=O) groups is 1. The molecule has 222 valence electrons. The molecule has 9 unspecified atom stereocenters. The molecule has 0 spiro atoms. The van der Waals surface area contributed by atoms with Crippen LogP contribution in [0.5, 0.6) is 0 Å². The van der Waals surface area contributed by atoms with Gasteiger partial charge in [-0.3, -0.25) is 24.9 Å². The molecule has 0 aliphatic carbocycles. The normalized spacial score (nSPS) is 43.5. The van der Waals surface area contributed by atoms with Crippen molar-refractivity contribution in [3.63, 3.8) is 0 Å². The van der Waals surface area contributed by atoms with Crippen LogP contribution in [-0.2, 0) is 4.79 Å². The van der Waals surface area contributed by atoms with Gasteiger partial charge in [0.15, 0.2) is 0 Å². The molecule has 4 saturated heterocycles. The van der Waals surface area contributed by atoms with Crippen molar-refractivity contribution in [1.29, 1.82) is 0 Å². The number of likely N-dealkylation sites (tertiary alicyclic amines) is 1. The highest BCUT2D eigenvalue weighted by molar-refractivity contribution is 5.81. The van der Waals surface area contributed by atoms with Crippen LogP contribution in [0.25, 0.3) is 0 Å². The van der Waals surface area contributed by atoms with E-state index in [2.05, 4.69) is 49.9 Å². The summed E-state index contributed by atoms with van der Waals surface area (Å²) < 4.78 is 30.2. The summed E-state index contributed by atoms with van der Waals surface area (Å²) in [5, 5.41) is 13.2. The van der Waals surface area contributed by atoms with Crippen LogP contribution in [0.2, 0.25) is 0 Å². The Bertz CT molecular complexity index is 851. The molecule has 0 saturated carbocycles. The standard InChI is InChI=1S/C28H50F2N8O/c1-3-4-7-28(2)13-21-24(26(31)36-23(28)12-18(29)14-34-21)27(39)35-22-16-33-15-20(30)25(22)37-9-5-19(6-10-37)38-11-8-32-17-38/h14,18-26,32-33,36H,3-13,15-17,31H2,1-2H3,(H,35,39)/b34-14-. The van der Waals surface area contributed by atoms with Crippen molar-refractivity contribution in [3.05, 3.63) is 0 Å². The van der Waals surface area contributed by atoms with Crippen LogP contribution < -0.4 is 27.0 Å². The predicted molar refractivity (Wildman–Crippen MR) is 150 cm³/mol. The molecule has 5 rings (SSSR count). The molecule has 0 aromatic carbocycles. The summed E-state index contributed by atoms with van der Waals surface area (Å²) in [5.41, 5.74) is 6.44. The minimum Gasteiger partial charge on any atom is -0.350 e. The summed E-state index contributed by atoms with van der Waals surface area (Å²) in [7, 11) is 0. The lowest BCUT2D eigenvalue weighted by Gasteiger charge is -2.46. The first kappa shape index (κ1) is 29.3. The number of rotatable bonds is 7. The fourth-order valence-corrected chi connectivity index (χ4v) is 7.86. The Morgan fingerprint density at radius 2 is 1.97 bits per heavy atom. The second-order valence-corrected chi connectivity index (χ2v) is 12.9. The molecule has 39 heavy (non-hydrogen) atoms. The third kappa shape index (κ3) is 6.48. The fraction of sp³-hybridized carbons (Fsp3) is 0.929. The molecule has 1 amide bonds. The summed E-state index contributed by atoms with van der Waals surface area (Å²) in [5.74, 6) is -0.858. The maximum Gasteiger partial charge on any atom is 0.228 e. The van der Waals surface area contributed by atoms with Gasteiger partial charge in [0.2, 0.25) is 5.91 Å². The zero-order valence-corrected chi connectivity index (χ0v) is 23.8. The molecule has 9 nitrogen and oxygen atoms in total. The van der Waals surface area contributed by atoms with Gasteiger partial charge in [0, 0.05) is 64.2 Å². The van der Waals surface area contributed by atoms with E-state index in [0.29, 0.717) is 32.0 Å². The van der Waals surface area contributed by atoms with E-state index in [4.69, 9.17) is 5.73 Å². The van der Waals surface area contributed by atoms with Gasteiger partial charge >= 0.3 is 0 Å². The number of alkyl halides is 2. The maximum absolute atomic E-state index is 15.5. The number of piperidine rings is 2. The third-order valence-corrected chi connectivity index (χ3v) is 10.2. The quantitative estimate of drug-likeness (QED) is 0.317. The number of halogens is 2. The first-order valence-electron chi connectivity index (χ1n) is 15.3. The van der Waals surface area contributed by atoms with Crippen molar-refractivity contribution in [2.75, 3.05) is 45.9 Å². The van der Waals surface area contributed by atoms with E-state index in [9.17, 15) is 9.18 Å². The predicted octanol–water partition coefficient (Wildman–Crippen LogP) is 0.749. The average Bonchev–Trinajstić information content (AvgIpc) is 3.43. The van der Waals surface area contributed by atoms with Crippen molar-refractivity contribution in [3.8, 4) is 0 Å². The minimum atomic E-state index is -1.17. The smallest absolute Gasteiger partial charge is 0.228 e. The lowest BCUT2D eigenvalue weighted by atomic mass is 9.71. The van der Waals surface area contributed by atoms with Gasteiger partial charge in [-0.25, -0.2) is 8.78 Å². The largest absolute Gasteiger partial charge is 0.350 e. The molecule has 4 fully saturated rings. The van der Waals surface area contributed by atoms with E-state index >= 15 is 4.39 Å². The zero-order chi connectivity index (χ0) is 27.6. The van der Waals surface area contributed by atoms with Gasteiger partial charge < -0.3 is 21.7 Å². The van der Waals surface area contributed by atoms with Crippen LogP contribution in [-0.4, -0.2) is 117 Å². The second-order valence-electron chi connectivity index (χ2n) is 12.9. The van der Waals surface area contributed by atoms with Gasteiger partial charge in [0.05, 0.1) is 30.2 Å². The van der Waals surface area contributed by atoms with Gasteiger partial charge in [-0.05, 0) is 37.5 Å². The number of nitrogens with zero attached hydrogens (tertiary/aromatic N) is 3. The van der Waals surface area contributed by atoms with E-state index in [1.807, 2.05) is 0 Å². The molecular formula is C28H50F2N8O. The average molecular weight is 553 g/mol. The van der Waals surface area contributed by atoms with Crippen LogP contribution in [0.15, 0.2) is 4.99 Å². The van der Waals surface area contributed by atoms with Crippen LogP contribution in [0.4, 0.5) is 8.78 Å². The molecule has 6 N–H and O–H groups in total. The Morgan fingerprint density at radius 3 is 2.69 bits per heavy atom. The highest BCUT2D eigenvalue weighted by atomic mass is 19.1. The van der Waals surface area contributed by atoms with Crippen molar-refractivity contribution in [1.82, 2.24) is 31.1 Å². The molecule has 5 aliphatic heterocycles. The highest BCUT2D eigenvalue weighted by Gasteiger charge is 2.49. The molecule has 5 aliphatic rings. The Kier molecular flexibility index (Phi) is 9.55. The minimum absolute atomic E-state index is 0.132. The van der Waals surface area contributed by atoms with E-state index in [0.717, 1.165) is 65.0 Å². The van der Waals surface area contributed by atoms with Gasteiger partial charge in [0.1, 0.15) is 12.3 Å². The summed E-state index contributed by atoms with van der Waals surface area (Å²) in [6.45, 7) is 9.83.